The maximum Gasteiger partial charge on any atom is 0.197 e. The zero-order valence-corrected chi connectivity index (χ0v) is 20.4. The van der Waals surface area contributed by atoms with Gasteiger partial charge in [0, 0.05) is 18.1 Å². The number of aliphatic hydroxyl groups is 1. The molecular formula is C26H33ClO5. The first-order valence-corrected chi connectivity index (χ1v) is 11.1. The molecule has 0 saturated carbocycles. The van der Waals surface area contributed by atoms with Gasteiger partial charge in [-0.25, -0.2) is 0 Å². The number of ketones is 2. The molecule has 0 spiro atoms. The summed E-state index contributed by atoms with van der Waals surface area (Å²) in [6.45, 7) is 11.2. The molecule has 0 heterocycles. The number of halogens is 1. The predicted octanol–water partition coefficient (Wildman–Crippen LogP) is 6.01. The third-order valence-electron chi connectivity index (χ3n) is 6.12. The minimum Gasteiger partial charge on any atom is -0.508 e. The highest BCUT2D eigenvalue weighted by Gasteiger charge is 2.61. The Bertz CT molecular complexity index is 1020. The summed E-state index contributed by atoms with van der Waals surface area (Å²) in [4.78, 5) is 24.5. The van der Waals surface area contributed by atoms with Crippen LogP contribution < -0.4 is 0 Å². The van der Waals surface area contributed by atoms with E-state index >= 15 is 0 Å². The van der Waals surface area contributed by atoms with Crippen LogP contribution in [-0.4, -0.2) is 37.4 Å². The fourth-order valence-corrected chi connectivity index (χ4v) is 4.13. The normalized spacial score (nSPS) is 23.1. The molecule has 2 rings (SSSR count). The molecular weight excluding hydrogens is 428 g/mol. The third kappa shape index (κ3) is 5.00. The Kier molecular flexibility index (Phi) is 7.79. The minimum atomic E-state index is -2.23. The van der Waals surface area contributed by atoms with E-state index in [2.05, 4.69) is 26.0 Å². The lowest BCUT2D eigenvalue weighted by molar-refractivity contribution is 0.00875. The van der Waals surface area contributed by atoms with Crippen LogP contribution in [-0.2, 0) is 0 Å². The number of phenols is 2. The van der Waals surface area contributed by atoms with Crippen molar-refractivity contribution in [3.05, 3.63) is 57.7 Å². The summed E-state index contributed by atoms with van der Waals surface area (Å²) >= 11 is 6.54. The molecule has 5 nitrogen and oxygen atoms in total. The van der Waals surface area contributed by atoms with E-state index in [-0.39, 0.29) is 23.3 Å². The van der Waals surface area contributed by atoms with E-state index in [1.807, 2.05) is 20.8 Å². The maximum absolute atomic E-state index is 13.4. The molecule has 0 radical (unpaired) electrons. The predicted molar refractivity (Wildman–Crippen MR) is 128 cm³/mol. The van der Waals surface area contributed by atoms with Crippen LogP contribution >= 0.6 is 11.6 Å². The summed E-state index contributed by atoms with van der Waals surface area (Å²) in [6, 6.07) is 2.06. The topological polar surface area (TPSA) is 94.8 Å². The van der Waals surface area contributed by atoms with Crippen LogP contribution in [0.4, 0.5) is 0 Å². The molecule has 1 aromatic rings. The van der Waals surface area contributed by atoms with Gasteiger partial charge >= 0.3 is 0 Å². The lowest BCUT2D eigenvalue weighted by Crippen LogP contribution is -2.62. The Morgan fingerprint density at radius 3 is 2.22 bits per heavy atom. The lowest BCUT2D eigenvalue weighted by atomic mass is 9.67. The van der Waals surface area contributed by atoms with E-state index in [0.29, 0.717) is 6.42 Å². The SMILES string of the molecule is CC(C)=CCC/C(C)=C/CC(C[C@@]1(O)C(=O)c2cc(O)cc(O)c2C(=O)[C@@]1(C)Cl)=C(C)C. The van der Waals surface area contributed by atoms with Gasteiger partial charge in [-0.3, -0.25) is 9.59 Å². The summed E-state index contributed by atoms with van der Waals surface area (Å²) in [7, 11) is 0. The second-order valence-electron chi connectivity index (χ2n) is 9.26. The summed E-state index contributed by atoms with van der Waals surface area (Å²) in [5.41, 5.74) is 1.45. The van der Waals surface area contributed by atoms with Gasteiger partial charge < -0.3 is 15.3 Å². The van der Waals surface area contributed by atoms with Crippen molar-refractivity contribution in [2.75, 3.05) is 0 Å². The van der Waals surface area contributed by atoms with Gasteiger partial charge in [0.2, 0.25) is 0 Å². The average molecular weight is 461 g/mol. The molecule has 0 aromatic heterocycles. The van der Waals surface area contributed by atoms with Gasteiger partial charge in [-0.2, -0.15) is 0 Å². The van der Waals surface area contributed by atoms with Crippen molar-refractivity contribution in [1.82, 2.24) is 0 Å². The van der Waals surface area contributed by atoms with Crippen LogP contribution in [0.1, 0.15) is 87.9 Å². The van der Waals surface area contributed by atoms with E-state index in [1.54, 1.807) is 0 Å². The number of hydrogen-bond acceptors (Lipinski definition) is 5. The quantitative estimate of drug-likeness (QED) is 0.342. The largest absolute Gasteiger partial charge is 0.508 e. The van der Waals surface area contributed by atoms with Crippen molar-refractivity contribution >= 4 is 23.2 Å². The fraction of sp³-hybridized carbons (Fsp3) is 0.462. The maximum atomic E-state index is 13.4. The van der Waals surface area contributed by atoms with Crippen LogP contribution in [0.3, 0.4) is 0 Å². The van der Waals surface area contributed by atoms with Gasteiger partial charge in [0.25, 0.3) is 0 Å². The average Bonchev–Trinajstić information content (AvgIpc) is 2.67. The number of carbonyl (C=O) groups excluding carboxylic acids is 2. The van der Waals surface area contributed by atoms with Crippen LogP contribution in [0.2, 0.25) is 0 Å². The van der Waals surface area contributed by atoms with E-state index in [9.17, 15) is 24.9 Å². The van der Waals surface area contributed by atoms with Crippen molar-refractivity contribution in [1.29, 1.82) is 0 Å². The molecule has 0 bridgehead atoms. The molecule has 0 aliphatic heterocycles. The molecule has 0 fully saturated rings. The van der Waals surface area contributed by atoms with Crippen LogP contribution in [0.15, 0.2) is 46.6 Å². The molecule has 2 atom stereocenters. The second kappa shape index (κ2) is 9.63. The van der Waals surface area contributed by atoms with Crippen LogP contribution in [0.25, 0.3) is 0 Å². The molecule has 1 aliphatic rings. The molecule has 0 amide bonds. The molecule has 1 aliphatic carbocycles. The van der Waals surface area contributed by atoms with Crippen molar-refractivity contribution < 1.29 is 24.9 Å². The van der Waals surface area contributed by atoms with Crippen molar-refractivity contribution in [3.63, 3.8) is 0 Å². The highest BCUT2D eigenvalue weighted by Crippen LogP contribution is 2.47. The number of carbonyl (C=O) groups is 2. The molecule has 32 heavy (non-hydrogen) atoms. The van der Waals surface area contributed by atoms with Gasteiger partial charge in [-0.1, -0.05) is 34.4 Å². The van der Waals surface area contributed by atoms with Gasteiger partial charge in [0.05, 0.1) is 5.56 Å². The third-order valence-corrected chi connectivity index (χ3v) is 6.60. The number of phenolic OH excluding ortho intramolecular Hbond substituents is 2. The zero-order chi connectivity index (χ0) is 24.4. The van der Waals surface area contributed by atoms with E-state index in [4.69, 9.17) is 11.6 Å². The first-order valence-electron chi connectivity index (χ1n) is 10.7. The number of rotatable bonds is 7. The van der Waals surface area contributed by atoms with Crippen molar-refractivity contribution in [3.8, 4) is 11.5 Å². The second-order valence-corrected chi connectivity index (χ2v) is 10.0. The molecule has 1 aromatic carbocycles. The molecule has 0 unspecified atom stereocenters. The monoisotopic (exact) mass is 460 g/mol. The van der Waals surface area contributed by atoms with Crippen LogP contribution in [0, 0.1) is 0 Å². The molecule has 6 heteroatoms. The Morgan fingerprint density at radius 1 is 1.03 bits per heavy atom. The molecule has 0 saturated heterocycles. The number of aromatic hydroxyl groups is 2. The first kappa shape index (κ1) is 25.9. The molecule has 174 valence electrons. The van der Waals surface area contributed by atoms with Gasteiger partial charge in [0.1, 0.15) is 16.4 Å². The standard InChI is InChI=1S/C26H33ClO5/c1-15(2)8-7-9-17(5)10-11-18(16(3)4)14-26(32)23(30)20-12-19(28)13-21(29)22(20)24(31)25(26,6)27/h8,10,12-13,28-29,32H,7,9,11,14H2,1-6H3/b17-10+/t25-,26-/m1/s1. The van der Waals surface area contributed by atoms with Gasteiger partial charge in [-0.15, -0.1) is 11.6 Å². The van der Waals surface area contributed by atoms with Gasteiger partial charge in [0.15, 0.2) is 17.2 Å². The number of fused-ring (bicyclic) bond motifs is 1. The molecule has 3 N–H and O–H groups in total. The summed E-state index contributed by atoms with van der Waals surface area (Å²) < 4.78 is 0. The Labute approximate surface area is 195 Å². The van der Waals surface area contributed by atoms with Crippen molar-refractivity contribution in [2.45, 2.75) is 77.7 Å². The summed E-state index contributed by atoms with van der Waals surface area (Å²) in [5, 5.41) is 31.5. The lowest BCUT2D eigenvalue weighted by Gasteiger charge is -2.43. The minimum absolute atomic E-state index is 0.131. The van der Waals surface area contributed by atoms with Crippen LogP contribution in [0.5, 0.6) is 11.5 Å². The Hall–Kier alpha value is -2.37. The van der Waals surface area contributed by atoms with E-state index in [1.165, 1.54) is 18.1 Å². The fourth-order valence-electron chi connectivity index (χ4n) is 3.88. The van der Waals surface area contributed by atoms with E-state index < -0.39 is 27.8 Å². The van der Waals surface area contributed by atoms with Crippen molar-refractivity contribution in [2.24, 2.45) is 0 Å². The number of alkyl halides is 1. The highest BCUT2D eigenvalue weighted by molar-refractivity contribution is 6.44. The van der Waals surface area contributed by atoms with E-state index in [0.717, 1.165) is 36.1 Å². The number of Topliss-reactive ketones (excluding diaryl/α,β-unsaturated/α-hetero) is 2. The summed E-state index contributed by atoms with van der Waals surface area (Å²) in [6.07, 6.45) is 6.47. The Morgan fingerprint density at radius 2 is 1.66 bits per heavy atom. The smallest absolute Gasteiger partial charge is 0.197 e. The number of hydrogen-bond donors (Lipinski definition) is 3. The number of benzene rings is 1. The summed E-state index contributed by atoms with van der Waals surface area (Å²) in [5.74, 6) is -2.46. The highest BCUT2D eigenvalue weighted by atomic mass is 35.5. The first-order chi connectivity index (χ1) is 14.7. The number of allylic oxidation sites excluding steroid dienone is 5. The zero-order valence-electron chi connectivity index (χ0n) is 19.7. The van der Waals surface area contributed by atoms with Gasteiger partial charge in [-0.05, 0) is 66.9 Å². The Balaban J connectivity index is 2.41.